The summed E-state index contributed by atoms with van der Waals surface area (Å²) in [6, 6.07) is 0.441. The van der Waals surface area contributed by atoms with Gasteiger partial charge in [0.15, 0.2) is 0 Å². The van der Waals surface area contributed by atoms with Gasteiger partial charge in [-0.25, -0.2) is 4.98 Å². The summed E-state index contributed by atoms with van der Waals surface area (Å²) in [6.45, 7) is 0. The Hall–Kier alpha value is -1.58. The molecule has 4 nitrogen and oxygen atoms in total. The van der Waals surface area contributed by atoms with E-state index >= 15 is 0 Å². The number of hydrogen-bond donors (Lipinski definition) is 1. The van der Waals surface area contributed by atoms with Crippen molar-refractivity contribution in [2.24, 2.45) is 0 Å². The summed E-state index contributed by atoms with van der Waals surface area (Å²) in [4.78, 5) is 20.7. The third-order valence-corrected chi connectivity index (χ3v) is 8.40. The number of H-pyrrole nitrogens is 1. The van der Waals surface area contributed by atoms with E-state index in [-0.39, 0.29) is 5.56 Å². The molecule has 33 heavy (non-hydrogen) atoms. The van der Waals surface area contributed by atoms with Crippen LogP contribution in [-0.4, -0.2) is 14.5 Å². The second kappa shape index (κ2) is 13.3. The van der Waals surface area contributed by atoms with Gasteiger partial charge in [0.2, 0.25) is 0 Å². The average Bonchev–Trinajstić information content (AvgIpc) is 3.17. The first-order chi connectivity index (χ1) is 16.3. The molecule has 184 valence electrons. The van der Waals surface area contributed by atoms with E-state index in [1.165, 1.54) is 140 Å². The van der Waals surface area contributed by atoms with Gasteiger partial charge in [-0.3, -0.25) is 4.79 Å². The Morgan fingerprint density at radius 2 is 1.12 bits per heavy atom. The topological polar surface area (TPSA) is 50.7 Å². The Morgan fingerprint density at radius 3 is 1.64 bits per heavy atom. The van der Waals surface area contributed by atoms with Crippen molar-refractivity contribution in [2.45, 2.75) is 147 Å². The van der Waals surface area contributed by atoms with Gasteiger partial charge >= 0.3 is 0 Å². The van der Waals surface area contributed by atoms with Crippen molar-refractivity contribution in [2.75, 3.05) is 0 Å². The van der Waals surface area contributed by atoms with Gasteiger partial charge in [0.1, 0.15) is 5.52 Å². The lowest BCUT2D eigenvalue weighted by molar-refractivity contribution is 0.410. The van der Waals surface area contributed by atoms with Crippen LogP contribution in [-0.2, 0) is 0 Å². The van der Waals surface area contributed by atoms with Crippen molar-refractivity contribution in [1.82, 2.24) is 14.5 Å². The van der Waals surface area contributed by atoms with Crippen LogP contribution in [0.1, 0.15) is 152 Å². The van der Waals surface area contributed by atoms with Crippen LogP contribution in [0.15, 0.2) is 17.3 Å². The quantitative estimate of drug-likeness (QED) is 0.495. The molecule has 0 aromatic carbocycles. The predicted octanol–water partition coefficient (Wildman–Crippen LogP) is 8.57. The summed E-state index contributed by atoms with van der Waals surface area (Å²) >= 11 is 0. The first-order valence-electron chi connectivity index (χ1n) is 14.4. The van der Waals surface area contributed by atoms with E-state index in [0.717, 1.165) is 11.0 Å². The Morgan fingerprint density at radius 1 is 0.667 bits per heavy atom. The van der Waals surface area contributed by atoms with Gasteiger partial charge in [-0.2, -0.15) is 0 Å². The summed E-state index contributed by atoms with van der Waals surface area (Å²) in [5, 5.41) is 0. The van der Waals surface area contributed by atoms with Crippen molar-refractivity contribution < 1.29 is 0 Å². The molecule has 0 unspecified atom stereocenters. The predicted molar refractivity (Wildman–Crippen MR) is 139 cm³/mol. The van der Waals surface area contributed by atoms with Crippen LogP contribution < -0.4 is 5.56 Å². The van der Waals surface area contributed by atoms with Crippen LogP contribution in [0.3, 0.4) is 0 Å². The zero-order valence-electron chi connectivity index (χ0n) is 21.0. The zero-order valence-corrected chi connectivity index (χ0v) is 21.0. The highest BCUT2D eigenvalue weighted by Gasteiger charge is 2.24. The van der Waals surface area contributed by atoms with Crippen molar-refractivity contribution in [3.63, 3.8) is 0 Å². The lowest BCUT2D eigenvalue weighted by Crippen LogP contribution is -2.15. The van der Waals surface area contributed by atoms with Crippen LogP contribution in [0.4, 0.5) is 0 Å². The van der Waals surface area contributed by atoms with Crippen molar-refractivity contribution in [3.8, 4) is 0 Å². The van der Waals surface area contributed by atoms with E-state index in [1.807, 2.05) is 0 Å². The Balaban J connectivity index is 1.62. The van der Waals surface area contributed by atoms with E-state index < -0.39 is 0 Å². The number of rotatable bonds is 2. The minimum absolute atomic E-state index is 0.0497. The first kappa shape index (κ1) is 24.5. The van der Waals surface area contributed by atoms with Gasteiger partial charge in [0.25, 0.3) is 5.56 Å². The Kier molecular flexibility index (Phi) is 9.92. The van der Waals surface area contributed by atoms with Gasteiger partial charge in [0, 0.05) is 12.2 Å². The summed E-state index contributed by atoms with van der Waals surface area (Å²) in [7, 11) is 0. The minimum atomic E-state index is 0.0497. The Labute approximate surface area is 201 Å². The van der Waals surface area contributed by atoms with E-state index in [0.29, 0.717) is 12.0 Å². The highest BCUT2D eigenvalue weighted by atomic mass is 16.1. The van der Waals surface area contributed by atoms with E-state index in [2.05, 4.69) is 15.7 Å². The normalized spacial score (nSPS) is 22.3. The maximum absolute atomic E-state index is 13.1. The first-order valence-corrected chi connectivity index (χ1v) is 14.4. The Bertz CT molecular complexity index is 859. The molecule has 0 saturated heterocycles. The standard InChI is InChI=1S/C29H47N3O/c33-29-28-27(30-23-31-29)26(24-18-14-10-6-2-1-3-7-11-15-19-24)22-32(28)25-20-16-12-8-4-5-9-13-17-21-25/h22-25H,1-21H2,(H,30,31,33). The number of aromatic nitrogens is 3. The summed E-state index contributed by atoms with van der Waals surface area (Å²) in [5.74, 6) is 0.546. The highest BCUT2D eigenvalue weighted by molar-refractivity contribution is 5.79. The van der Waals surface area contributed by atoms with Crippen molar-refractivity contribution in [1.29, 1.82) is 0 Å². The molecule has 0 amide bonds. The lowest BCUT2D eigenvalue weighted by Gasteiger charge is -2.20. The van der Waals surface area contributed by atoms with Gasteiger partial charge in [0.05, 0.1) is 11.8 Å². The summed E-state index contributed by atoms with van der Waals surface area (Å²) in [5.41, 5.74) is 3.25. The molecule has 0 spiro atoms. The van der Waals surface area contributed by atoms with Crippen molar-refractivity contribution >= 4 is 11.0 Å². The van der Waals surface area contributed by atoms with E-state index in [9.17, 15) is 4.79 Å². The van der Waals surface area contributed by atoms with E-state index in [4.69, 9.17) is 4.98 Å². The molecule has 0 aliphatic heterocycles. The monoisotopic (exact) mass is 453 g/mol. The maximum atomic E-state index is 13.1. The van der Waals surface area contributed by atoms with Crippen LogP contribution in [0, 0.1) is 0 Å². The molecule has 0 bridgehead atoms. The van der Waals surface area contributed by atoms with Crippen LogP contribution in [0.25, 0.3) is 11.0 Å². The molecule has 4 heteroatoms. The van der Waals surface area contributed by atoms with E-state index in [1.54, 1.807) is 6.33 Å². The fraction of sp³-hybridized carbons (Fsp3) is 0.793. The second-order valence-electron chi connectivity index (χ2n) is 10.9. The SMILES string of the molecule is O=c1[nH]cnc2c(C3CCCCCCCCCCC3)cn(C3CCCCCCCCCC3)c12. The third kappa shape index (κ3) is 6.96. The molecule has 2 aromatic heterocycles. The third-order valence-electron chi connectivity index (χ3n) is 8.40. The van der Waals surface area contributed by atoms with Crippen LogP contribution in [0.5, 0.6) is 0 Å². The smallest absolute Gasteiger partial charge is 0.275 e. The molecule has 4 rings (SSSR count). The lowest BCUT2D eigenvalue weighted by atomic mass is 9.88. The highest BCUT2D eigenvalue weighted by Crippen LogP contribution is 2.36. The minimum Gasteiger partial charge on any atom is -0.338 e. The maximum Gasteiger partial charge on any atom is 0.275 e. The second-order valence-corrected chi connectivity index (χ2v) is 10.9. The molecule has 2 heterocycles. The number of nitrogens with one attached hydrogen (secondary N) is 1. The van der Waals surface area contributed by atoms with Gasteiger partial charge < -0.3 is 9.55 Å². The molecule has 1 N–H and O–H groups in total. The summed E-state index contributed by atoms with van der Waals surface area (Å²) < 4.78 is 2.38. The van der Waals surface area contributed by atoms with Gasteiger partial charge in [-0.1, -0.05) is 109 Å². The number of fused-ring (bicyclic) bond motifs is 1. The molecule has 2 saturated carbocycles. The molecular formula is C29H47N3O. The molecule has 2 fully saturated rings. The molecular weight excluding hydrogens is 406 g/mol. The van der Waals surface area contributed by atoms with Crippen molar-refractivity contribution in [3.05, 3.63) is 28.4 Å². The molecule has 0 atom stereocenters. The average molecular weight is 454 g/mol. The molecule has 2 aromatic rings. The molecule has 2 aliphatic carbocycles. The fourth-order valence-corrected chi connectivity index (χ4v) is 6.42. The number of hydrogen-bond acceptors (Lipinski definition) is 2. The summed E-state index contributed by atoms with van der Waals surface area (Å²) in [6.07, 6.45) is 32.0. The molecule has 2 aliphatic rings. The fourth-order valence-electron chi connectivity index (χ4n) is 6.42. The number of nitrogens with zero attached hydrogens (tertiary/aromatic N) is 2. The number of aromatic amines is 1. The largest absolute Gasteiger partial charge is 0.338 e. The zero-order chi connectivity index (χ0) is 22.7. The van der Waals surface area contributed by atoms with Gasteiger partial charge in [-0.15, -0.1) is 0 Å². The van der Waals surface area contributed by atoms with Crippen LogP contribution in [0.2, 0.25) is 0 Å². The van der Waals surface area contributed by atoms with Gasteiger partial charge in [-0.05, 0) is 37.2 Å². The molecule has 0 radical (unpaired) electrons. The van der Waals surface area contributed by atoms with Crippen LogP contribution >= 0.6 is 0 Å².